The molecule has 0 aliphatic carbocycles. The Morgan fingerprint density at radius 2 is 1.77 bits per heavy atom. The van der Waals surface area contributed by atoms with Gasteiger partial charge in [-0.15, -0.1) is 5.10 Å². The summed E-state index contributed by atoms with van der Waals surface area (Å²) in [6.45, 7) is 0. The zero-order valence-electron chi connectivity index (χ0n) is 16.1. The van der Waals surface area contributed by atoms with Crippen LogP contribution in [0.3, 0.4) is 0 Å². The van der Waals surface area contributed by atoms with Crippen molar-refractivity contribution in [2.75, 3.05) is 5.32 Å². The van der Waals surface area contributed by atoms with E-state index in [4.69, 9.17) is 0 Å². The highest BCUT2D eigenvalue weighted by atomic mass is 19.2. The lowest BCUT2D eigenvalue weighted by Crippen LogP contribution is -2.16. The van der Waals surface area contributed by atoms with Crippen molar-refractivity contribution in [3.8, 4) is 16.8 Å². The molecule has 0 radical (unpaired) electrons. The Balaban J connectivity index is 1.46. The highest BCUT2D eigenvalue weighted by Crippen LogP contribution is 2.26. The molecule has 4 rings (SSSR count). The van der Waals surface area contributed by atoms with Crippen molar-refractivity contribution in [3.05, 3.63) is 96.3 Å². The Morgan fingerprint density at radius 3 is 2.58 bits per heavy atom. The van der Waals surface area contributed by atoms with Crippen molar-refractivity contribution in [2.45, 2.75) is 6.42 Å². The van der Waals surface area contributed by atoms with Gasteiger partial charge in [-0.1, -0.05) is 41.6 Å². The molecular weight excluding hydrogens is 402 g/mol. The molecule has 1 aromatic heterocycles. The average Bonchev–Trinajstić information content (AvgIpc) is 3.31. The Labute approximate surface area is 176 Å². The Hall–Kier alpha value is -4.20. The molecule has 0 bridgehead atoms. The van der Waals surface area contributed by atoms with Gasteiger partial charge in [-0.05, 0) is 35.9 Å². The monoisotopic (exact) mass is 418 g/mol. The van der Waals surface area contributed by atoms with Crippen LogP contribution < -0.4 is 5.32 Å². The number of aromatic nitrogens is 3. The van der Waals surface area contributed by atoms with Crippen LogP contribution in [0.4, 0.5) is 14.5 Å². The van der Waals surface area contributed by atoms with Crippen LogP contribution in [0.25, 0.3) is 16.8 Å². The quantitative estimate of drug-likeness (QED) is 0.371. The standard InChI is InChI=1S/C23H16F2N4O2/c24-20-9-3-8-19(23(20)25)15-4-1-6-17(12-15)27-22(31)14-21(30)16-5-2-7-18(13-16)29-11-10-26-28-29/h1-13H,14H2,(H,27,31). The van der Waals surface area contributed by atoms with Crippen molar-refractivity contribution >= 4 is 17.4 Å². The number of amides is 1. The number of hydrogen-bond donors (Lipinski definition) is 1. The van der Waals surface area contributed by atoms with E-state index in [1.54, 1.807) is 48.7 Å². The topological polar surface area (TPSA) is 76.9 Å². The van der Waals surface area contributed by atoms with Crippen molar-refractivity contribution < 1.29 is 18.4 Å². The number of hydrogen-bond acceptors (Lipinski definition) is 4. The summed E-state index contributed by atoms with van der Waals surface area (Å²) in [4.78, 5) is 24.9. The largest absolute Gasteiger partial charge is 0.326 e. The number of nitrogens with one attached hydrogen (secondary N) is 1. The number of carbonyl (C=O) groups excluding carboxylic acids is 2. The lowest BCUT2D eigenvalue weighted by atomic mass is 10.0. The Bertz CT molecular complexity index is 1260. The van der Waals surface area contributed by atoms with E-state index in [2.05, 4.69) is 15.6 Å². The average molecular weight is 418 g/mol. The van der Waals surface area contributed by atoms with E-state index in [9.17, 15) is 18.4 Å². The van der Waals surface area contributed by atoms with E-state index >= 15 is 0 Å². The minimum Gasteiger partial charge on any atom is -0.326 e. The van der Waals surface area contributed by atoms with E-state index in [-0.39, 0.29) is 17.8 Å². The van der Waals surface area contributed by atoms with Gasteiger partial charge in [-0.3, -0.25) is 9.59 Å². The van der Waals surface area contributed by atoms with Crippen LogP contribution in [0.2, 0.25) is 0 Å². The molecule has 4 aromatic rings. The molecule has 3 aromatic carbocycles. The fourth-order valence-electron chi connectivity index (χ4n) is 3.11. The summed E-state index contributed by atoms with van der Waals surface area (Å²) in [5, 5.41) is 10.2. The second-order valence-electron chi connectivity index (χ2n) is 6.73. The summed E-state index contributed by atoms with van der Waals surface area (Å²) in [5.74, 6) is -2.81. The molecule has 0 spiro atoms. The third-order valence-electron chi connectivity index (χ3n) is 4.59. The van der Waals surface area contributed by atoms with E-state index in [0.717, 1.165) is 6.07 Å². The fourth-order valence-corrected chi connectivity index (χ4v) is 3.11. The van der Waals surface area contributed by atoms with E-state index < -0.39 is 17.5 Å². The zero-order valence-corrected chi connectivity index (χ0v) is 16.1. The molecule has 1 heterocycles. The van der Waals surface area contributed by atoms with Gasteiger partial charge in [0.15, 0.2) is 17.4 Å². The molecule has 0 saturated carbocycles. The number of Topliss-reactive ketones (excluding diaryl/α,β-unsaturated/α-hetero) is 1. The number of anilines is 1. The third kappa shape index (κ3) is 4.53. The van der Waals surface area contributed by atoms with Gasteiger partial charge in [0.05, 0.1) is 24.5 Å². The molecule has 0 aliphatic rings. The number of carbonyl (C=O) groups is 2. The van der Waals surface area contributed by atoms with Crippen molar-refractivity contribution in [1.82, 2.24) is 15.0 Å². The minimum absolute atomic E-state index is 0.0806. The van der Waals surface area contributed by atoms with E-state index in [0.29, 0.717) is 22.5 Å². The van der Waals surface area contributed by atoms with Crippen LogP contribution >= 0.6 is 0 Å². The number of rotatable bonds is 6. The van der Waals surface area contributed by atoms with Crippen LogP contribution in [0, 0.1) is 11.6 Å². The predicted octanol–water partition coefficient (Wildman–Crippen LogP) is 4.42. The smallest absolute Gasteiger partial charge is 0.232 e. The molecule has 0 fully saturated rings. The molecule has 0 saturated heterocycles. The molecule has 31 heavy (non-hydrogen) atoms. The second-order valence-corrected chi connectivity index (χ2v) is 6.73. The molecule has 1 N–H and O–H groups in total. The highest BCUT2D eigenvalue weighted by molar-refractivity contribution is 6.11. The van der Waals surface area contributed by atoms with Gasteiger partial charge < -0.3 is 5.32 Å². The lowest BCUT2D eigenvalue weighted by molar-refractivity contribution is -0.115. The first-order valence-corrected chi connectivity index (χ1v) is 9.35. The van der Waals surface area contributed by atoms with Gasteiger partial charge in [0.2, 0.25) is 5.91 Å². The van der Waals surface area contributed by atoms with Crippen molar-refractivity contribution in [3.63, 3.8) is 0 Å². The van der Waals surface area contributed by atoms with Crippen LogP contribution in [-0.2, 0) is 4.79 Å². The van der Waals surface area contributed by atoms with Crippen molar-refractivity contribution in [1.29, 1.82) is 0 Å². The summed E-state index contributed by atoms with van der Waals surface area (Å²) in [6, 6.07) is 16.9. The first-order valence-electron chi connectivity index (χ1n) is 9.35. The van der Waals surface area contributed by atoms with E-state index in [1.807, 2.05) is 0 Å². The summed E-state index contributed by atoms with van der Waals surface area (Å²) in [5.41, 5.74) is 1.86. The van der Waals surface area contributed by atoms with Gasteiger partial charge >= 0.3 is 0 Å². The first kappa shape index (κ1) is 20.1. The lowest BCUT2D eigenvalue weighted by Gasteiger charge is -2.09. The Morgan fingerprint density at radius 1 is 0.968 bits per heavy atom. The predicted molar refractivity (Wildman–Crippen MR) is 111 cm³/mol. The summed E-state index contributed by atoms with van der Waals surface area (Å²) < 4.78 is 29.1. The number of ketones is 1. The second kappa shape index (κ2) is 8.66. The molecule has 1 amide bonds. The Kier molecular flexibility index (Phi) is 5.61. The SMILES string of the molecule is O=C(CC(=O)c1cccc(-n2ccnn2)c1)Nc1cccc(-c2cccc(F)c2F)c1. The molecule has 0 atom stereocenters. The minimum atomic E-state index is -0.964. The van der Waals surface area contributed by atoms with Gasteiger partial charge in [0.25, 0.3) is 0 Å². The van der Waals surface area contributed by atoms with Gasteiger partial charge in [-0.25, -0.2) is 13.5 Å². The van der Waals surface area contributed by atoms with Gasteiger partial charge in [0, 0.05) is 16.8 Å². The third-order valence-corrected chi connectivity index (χ3v) is 4.59. The number of benzene rings is 3. The van der Waals surface area contributed by atoms with Crippen molar-refractivity contribution in [2.24, 2.45) is 0 Å². The molecule has 0 aliphatic heterocycles. The van der Waals surface area contributed by atoms with Gasteiger partial charge in [0.1, 0.15) is 0 Å². The molecule has 154 valence electrons. The highest BCUT2D eigenvalue weighted by Gasteiger charge is 2.14. The summed E-state index contributed by atoms with van der Waals surface area (Å²) >= 11 is 0. The normalized spacial score (nSPS) is 10.6. The maximum absolute atomic E-state index is 14.1. The van der Waals surface area contributed by atoms with Crippen LogP contribution in [0.15, 0.2) is 79.1 Å². The van der Waals surface area contributed by atoms with E-state index in [1.165, 1.54) is 29.1 Å². The maximum Gasteiger partial charge on any atom is 0.232 e. The maximum atomic E-state index is 14.1. The van der Waals surface area contributed by atoms with Crippen LogP contribution in [0.5, 0.6) is 0 Å². The summed E-state index contributed by atoms with van der Waals surface area (Å²) in [7, 11) is 0. The number of halogens is 2. The zero-order chi connectivity index (χ0) is 21.8. The number of nitrogens with zero attached hydrogens (tertiary/aromatic N) is 3. The summed E-state index contributed by atoms with van der Waals surface area (Å²) in [6.07, 6.45) is 2.79. The first-order chi connectivity index (χ1) is 15.0. The van der Waals surface area contributed by atoms with Crippen LogP contribution in [-0.4, -0.2) is 26.7 Å². The fraction of sp³-hybridized carbons (Fsp3) is 0.0435. The van der Waals surface area contributed by atoms with Crippen LogP contribution in [0.1, 0.15) is 16.8 Å². The molecule has 6 nitrogen and oxygen atoms in total. The van der Waals surface area contributed by atoms with Gasteiger partial charge in [-0.2, -0.15) is 0 Å². The molecular formula is C23H16F2N4O2. The molecule has 0 unspecified atom stereocenters. The molecule has 8 heteroatoms.